The van der Waals surface area contributed by atoms with Gasteiger partial charge in [0.25, 0.3) is 5.91 Å². The molecule has 1 aliphatic rings. The van der Waals surface area contributed by atoms with Crippen LogP contribution in [0.4, 0.5) is 5.82 Å². The predicted octanol–water partition coefficient (Wildman–Crippen LogP) is 0.796. The summed E-state index contributed by atoms with van der Waals surface area (Å²) in [5, 5.41) is 5.48. The first kappa shape index (κ1) is 14.3. The Morgan fingerprint density at radius 3 is 2.90 bits per heavy atom. The molecule has 1 aliphatic heterocycles. The number of rotatable bonds is 3. The van der Waals surface area contributed by atoms with E-state index in [-0.39, 0.29) is 17.7 Å². The van der Waals surface area contributed by atoms with Gasteiger partial charge in [-0.1, -0.05) is 13.8 Å². The first-order valence-corrected chi connectivity index (χ1v) is 6.83. The molecular formula is C14H20N4O2. The first-order chi connectivity index (χ1) is 9.47. The Bertz CT molecular complexity index is 528. The van der Waals surface area contributed by atoms with E-state index in [1.54, 1.807) is 6.07 Å². The highest BCUT2D eigenvalue weighted by Gasteiger charge is 2.24. The Morgan fingerprint density at radius 2 is 2.25 bits per heavy atom. The van der Waals surface area contributed by atoms with Gasteiger partial charge in [0.05, 0.1) is 0 Å². The van der Waals surface area contributed by atoms with Crippen LogP contribution in [0.25, 0.3) is 0 Å². The third kappa shape index (κ3) is 3.26. The molecule has 6 heteroatoms. The van der Waals surface area contributed by atoms with E-state index in [4.69, 9.17) is 5.73 Å². The molecule has 2 heterocycles. The van der Waals surface area contributed by atoms with Gasteiger partial charge in [-0.05, 0) is 30.9 Å². The maximum Gasteiger partial charge on any atom is 0.252 e. The van der Waals surface area contributed by atoms with Crippen molar-refractivity contribution < 1.29 is 9.59 Å². The molecule has 6 nitrogen and oxygen atoms in total. The average Bonchev–Trinajstić information content (AvgIpc) is 2.40. The highest BCUT2D eigenvalue weighted by molar-refractivity contribution is 5.98. The van der Waals surface area contributed by atoms with Crippen molar-refractivity contribution in [3.63, 3.8) is 0 Å². The Balaban J connectivity index is 2.14. The van der Waals surface area contributed by atoms with Gasteiger partial charge in [-0.2, -0.15) is 0 Å². The number of nitrogens with one attached hydrogen (secondary N) is 2. The maximum atomic E-state index is 12.2. The van der Waals surface area contributed by atoms with Crippen molar-refractivity contribution in [1.82, 2.24) is 15.6 Å². The minimum Gasteiger partial charge on any atom is -0.384 e. The number of nitrogen functional groups attached to an aromatic ring is 1. The van der Waals surface area contributed by atoms with Crippen molar-refractivity contribution in [1.29, 1.82) is 0 Å². The molecule has 2 amide bonds. The Labute approximate surface area is 118 Å². The molecular weight excluding hydrogens is 256 g/mol. The smallest absolute Gasteiger partial charge is 0.252 e. The Hall–Kier alpha value is -2.11. The number of carbonyl (C=O) groups excluding carboxylic acids is 2. The van der Waals surface area contributed by atoms with Crippen LogP contribution in [0.15, 0.2) is 12.1 Å². The van der Waals surface area contributed by atoms with Gasteiger partial charge in [0, 0.05) is 17.8 Å². The van der Waals surface area contributed by atoms with Crippen LogP contribution in [-0.4, -0.2) is 29.4 Å². The molecule has 20 heavy (non-hydrogen) atoms. The highest BCUT2D eigenvalue weighted by atomic mass is 16.2. The number of hydrogen-bond donors (Lipinski definition) is 3. The zero-order chi connectivity index (χ0) is 14.7. The van der Waals surface area contributed by atoms with Crippen LogP contribution in [0.2, 0.25) is 0 Å². The van der Waals surface area contributed by atoms with Crippen molar-refractivity contribution in [2.24, 2.45) is 0 Å². The molecule has 1 aromatic heterocycles. The standard InChI is InChI=1S/C14H20N4O2/c1-8(2)11-6-9(7-12(15)17-11)13(19)18-10-4-3-5-16-14(10)20/h6-8,10H,3-5H2,1-2H3,(H2,15,17)(H,16,20)(H,18,19). The lowest BCUT2D eigenvalue weighted by molar-refractivity contribution is -0.124. The van der Waals surface area contributed by atoms with Crippen LogP contribution in [-0.2, 0) is 4.79 Å². The van der Waals surface area contributed by atoms with Crippen LogP contribution in [0.1, 0.15) is 48.7 Å². The van der Waals surface area contributed by atoms with Crippen molar-refractivity contribution in [2.75, 3.05) is 12.3 Å². The molecule has 0 aliphatic carbocycles. The number of carbonyl (C=O) groups is 2. The molecule has 108 valence electrons. The van der Waals surface area contributed by atoms with Gasteiger partial charge < -0.3 is 16.4 Å². The zero-order valence-corrected chi connectivity index (χ0v) is 11.8. The van der Waals surface area contributed by atoms with Crippen LogP contribution >= 0.6 is 0 Å². The van der Waals surface area contributed by atoms with Gasteiger partial charge >= 0.3 is 0 Å². The van der Waals surface area contributed by atoms with Gasteiger partial charge in [-0.3, -0.25) is 9.59 Å². The van der Waals surface area contributed by atoms with E-state index in [2.05, 4.69) is 15.6 Å². The molecule has 1 atom stereocenters. The van der Waals surface area contributed by atoms with Crippen LogP contribution in [0.5, 0.6) is 0 Å². The summed E-state index contributed by atoms with van der Waals surface area (Å²) in [6, 6.07) is 2.78. The van der Waals surface area contributed by atoms with Crippen molar-refractivity contribution in [2.45, 2.75) is 38.6 Å². The molecule has 1 unspecified atom stereocenters. The highest BCUT2D eigenvalue weighted by Crippen LogP contribution is 2.16. The van der Waals surface area contributed by atoms with Gasteiger partial charge in [-0.25, -0.2) is 4.98 Å². The summed E-state index contributed by atoms with van der Waals surface area (Å²) in [7, 11) is 0. The van der Waals surface area contributed by atoms with E-state index in [0.717, 1.165) is 12.1 Å². The molecule has 0 radical (unpaired) electrons. The van der Waals surface area contributed by atoms with Crippen molar-refractivity contribution >= 4 is 17.6 Å². The largest absolute Gasteiger partial charge is 0.384 e. The quantitative estimate of drug-likeness (QED) is 0.760. The van der Waals surface area contributed by atoms with Gasteiger partial charge in [0.2, 0.25) is 5.91 Å². The van der Waals surface area contributed by atoms with Crippen molar-refractivity contribution in [3.8, 4) is 0 Å². The monoisotopic (exact) mass is 276 g/mol. The minimum atomic E-state index is -0.465. The lowest BCUT2D eigenvalue weighted by atomic mass is 10.0. The number of anilines is 1. The number of aromatic nitrogens is 1. The normalized spacial score (nSPS) is 18.8. The molecule has 2 rings (SSSR count). The number of amides is 2. The summed E-state index contributed by atoms with van der Waals surface area (Å²) in [6.07, 6.45) is 1.53. The molecule has 1 fully saturated rings. The van der Waals surface area contributed by atoms with E-state index in [1.807, 2.05) is 13.8 Å². The summed E-state index contributed by atoms with van der Waals surface area (Å²) in [5.74, 6) is 0.0798. The molecule has 1 aromatic rings. The Kier molecular flexibility index (Phi) is 4.22. The number of nitrogens with zero attached hydrogens (tertiary/aromatic N) is 1. The molecule has 0 bridgehead atoms. The van der Waals surface area contributed by atoms with Crippen LogP contribution in [0, 0.1) is 0 Å². The average molecular weight is 276 g/mol. The first-order valence-electron chi connectivity index (χ1n) is 6.83. The van der Waals surface area contributed by atoms with E-state index in [1.165, 1.54) is 6.07 Å². The van der Waals surface area contributed by atoms with Crippen LogP contribution < -0.4 is 16.4 Å². The maximum absolute atomic E-state index is 12.2. The summed E-state index contributed by atoms with van der Waals surface area (Å²) in [5.41, 5.74) is 6.94. The van der Waals surface area contributed by atoms with E-state index < -0.39 is 6.04 Å². The second-order valence-corrected chi connectivity index (χ2v) is 5.32. The number of nitrogens with two attached hydrogens (primary N) is 1. The molecule has 0 spiro atoms. The fourth-order valence-corrected chi connectivity index (χ4v) is 2.15. The zero-order valence-electron chi connectivity index (χ0n) is 11.8. The second kappa shape index (κ2) is 5.90. The third-order valence-corrected chi connectivity index (χ3v) is 3.31. The molecule has 0 saturated carbocycles. The van der Waals surface area contributed by atoms with E-state index in [0.29, 0.717) is 24.3 Å². The fraction of sp³-hybridized carbons (Fsp3) is 0.500. The minimum absolute atomic E-state index is 0.129. The topological polar surface area (TPSA) is 97.1 Å². The number of hydrogen-bond acceptors (Lipinski definition) is 4. The fourth-order valence-electron chi connectivity index (χ4n) is 2.15. The second-order valence-electron chi connectivity index (χ2n) is 5.32. The number of pyridine rings is 1. The molecule has 4 N–H and O–H groups in total. The number of piperidine rings is 1. The third-order valence-electron chi connectivity index (χ3n) is 3.31. The van der Waals surface area contributed by atoms with E-state index >= 15 is 0 Å². The van der Waals surface area contributed by atoms with Gasteiger partial charge in [0.15, 0.2) is 0 Å². The summed E-state index contributed by atoms with van der Waals surface area (Å²) in [6.45, 7) is 4.64. The van der Waals surface area contributed by atoms with Gasteiger partial charge in [0.1, 0.15) is 11.9 Å². The summed E-state index contributed by atoms with van der Waals surface area (Å²) < 4.78 is 0. The summed E-state index contributed by atoms with van der Waals surface area (Å²) >= 11 is 0. The SMILES string of the molecule is CC(C)c1cc(C(=O)NC2CCCNC2=O)cc(N)n1. The molecule has 1 saturated heterocycles. The van der Waals surface area contributed by atoms with Crippen molar-refractivity contribution in [3.05, 3.63) is 23.4 Å². The Morgan fingerprint density at radius 1 is 1.50 bits per heavy atom. The lowest BCUT2D eigenvalue weighted by Crippen LogP contribution is -2.50. The summed E-state index contributed by atoms with van der Waals surface area (Å²) in [4.78, 5) is 28.0. The predicted molar refractivity (Wildman–Crippen MR) is 76.2 cm³/mol. The van der Waals surface area contributed by atoms with Gasteiger partial charge in [-0.15, -0.1) is 0 Å². The molecule has 0 aromatic carbocycles. The van der Waals surface area contributed by atoms with Crippen LogP contribution in [0.3, 0.4) is 0 Å². The van der Waals surface area contributed by atoms with E-state index in [9.17, 15) is 9.59 Å². The lowest BCUT2D eigenvalue weighted by Gasteiger charge is -2.22.